The molecule has 4 rings (SSSR count). The summed E-state index contributed by atoms with van der Waals surface area (Å²) in [5, 5.41) is 5.40. The van der Waals surface area contributed by atoms with Crippen LogP contribution in [0.15, 0.2) is 76.8 Å². The number of anilines is 2. The second-order valence-electron chi connectivity index (χ2n) is 7.77. The van der Waals surface area contributed by atoms with Crippen LogP contribution < -0.4 is 20.3 Å². The molecule has 182 valence electrons. The molecule has 8 nitrogen and oxygen atoms in total. The molecule has 0 bridgehead atoms. The molecule has 1 heterocycles. The van der Waals surface area contributed by atoms with Crippen LogP contribution in [0.3, 0.4) is 0 Å². The predicted molar refractivity (Wildman–Crippen MR) is 140 cm³/mol. The summed E-state index contributed by atoms with van der Waals surface area (Å²) < 4.78 is 6.43. The SMILES string of the molecule is Cc1ccc(NC(=O)COc2ccccc2/C=C2\C(=O)NC(=O)N(c3ccc(Br)cc3)C2=O)cc1Cl. The lowest BCUT2D eigenvalue weighted by atomic mass is 10.1. The van der Waals surface area contributed by atoms with E-state index < -0.39 is 23.8 Å². The molecule has 2 N–H and O–H groups in total. The first-order valence-electron chi connectivity index (χ1n) is 10.7. The molecule has 3 aromatic carbocycles. The molecule has 1 fully saturated rings. The van der Waals surface area contributed by atoms with E-state index in [1.54, 1.807) is 66.7 Å². The molecule has 0 unspecified atom stereocenters. The number of amides is 5. The first kappa shape index (κ1) is 25.2. The van der Waals surface area contributed by atoms with Gasteiger partial charge in [-0.15, -0.1) is 0 Å². The van der Waals surface area contributed by atoms with Crippen molar-refractivity contribution >= 4 is 68.7 Å². The minimum Gasteiger partial charge on any atom is -0.483 e. The number of ether oxygens (including phenoxy) is 1. The van der Waals surface area contributed by atoms with Gasteiger partial charge < -0.3 is 10.1 Å². The maximum absolute atomic E-state index is 13.1. The second-order valence-corrected chi connectivity index (χ2v) is 9.10. The molecule has 0 atom stereocenters. The number of rotatable bonds is 6. The number of halogens is 2. The van der Waals surface area contributed by atoms with Gasteiger partial charge in [-0.1, -0.05) is 51.8 Å². The third kappa shape index (κ3) is 5.64. The van der Waals surface area contributed by atoms with Crippen molar-refractivity contribution in [1.82, 2.24) is 5.32 Å². The Morgan fingerprint density at radius 2 is 1.81 bits per heavy atom. The Morgan fingerprint density at radius 1 is 1.08 bits per heavy atom. The van der Waals surface area contributed by atoms with Crippen LogP contribution in [-0.2, 0) is 14.4 Å². The summed E-state index contributed by atoms with van der Waals surface area (Å²) in [6.45, 7) is 1.53. The third-order valence-electron chi connectivity index (χ3n) is 5.22. The van der Waals surface area contributed by atoms with Crippen LogP contribution in [0.4, 0.5) is 16.2 Å². The molecular formula is C26H19BrClN3O5. The van der Waals surface area contributed by atoms with E-state index in [0.29, 0.717) is 22.0 Å². The van der Waals surface area contributed by atoms with Crippen molar-refractivity contribution in [3.8, 4) is 5.75 Å². The van der Waals surface area contributed by atoms with Gasteiger partial charge in [-0.05, 0) is 61.0 Å². The van der Waals surface area contributed by atoms with E-state index in [-0.39, 0.29) is 17.9 Å². The third-order valence-corrected chi connectivity index (χ3v) is 6.16. The van der Waals surface area contributed by atoms with Gasteiger partial charge in [-0.2, -0.15) is 0 Å². The zero-order chi connectivity index (χ0) is 25.8. The highest BCUT2D eigenvalue weighted by atomic mass is 79.9. The van der Waals surface area contributed by atoms with E-state index in [4.69, 9.17) is 16.3 Å². The second kappa shape index (κ2) is 10.8. The minimum absolute atomic E-state index is 0.257. The predicted octanol–water partition coefficient (Wildman–Crippen LogP) is 5.09. The summed E-state index contributed by atoms with van der Waals surface area (Å²) in [7, 11) is 0. The lowest BCUT2D eigenvalue weighted by molar-refractivity contribution is -0.122. The number of nitrogens with one attached hydrogen (secondary N) is 2. The lowest BCUT2D eigenvalue weighted by Crippen LogP contribution is -2.54. The van der Waals surface area contributed by atoms with Crippen molar-refractivity contribution in [1.29, 1.82) is 0 Å². The molecule has 5 amide bonds. The van der Waals surface area contributed by atoms with Gasteiger partial charge in [-0.3, -0.25) is 19.7 Å². The van der Waals surface area contributed by atoms with Crippen LogP contribution in [0.5, 0.6) is 5.75 Å². The molecule has 0 spiro atoms. The summed E-state index contributed by atoms with van der Waals surface area (Å²) in [5.41, 5.74) is 1.84. The van der Waals surface area contributed by atoms with Gasteiger partial charge >= 0.3 is 6.03 Å². The summed E-state index contributed by atoms with van der Waals surface area (Å²) in [5.74, 6) is -1.76. The largest absolute Gasteiger partial charge is 0.483 e. The molecule has 10 heteroatoms. The zero-order valence-electron chi connectivity index (χ0n) is 18.9. The van der Waals surface area contributed by atoms with Crippen LogP contribution in [0.25, 0.3) is 6.08 Å². The number of carbonyl (C=O) groups is 4. The van der Waals surface area contributed by atoms with Gasteiger partial charge in [0, 0.05) is 20.7 Å². The van der Waals surface area contributed by atoms with Crippen molar-refractivity contribution in [2.45, 2.75) is 6.92 Å². The molecule has 1 aliphatic rings. The molecule has 0 radical (unpaired) electrons. The summed E-state index contributed by atoms with van der Waals surface area (Å²) >= 11 is 9.40. The first-order chi connectivity index (χ1) is 17.2. The quantitative estimate of drug-likeness (QED) is 0.318. The number of nitrogens with zero attached hydrogens (tertiary/aromatic N) is 1. The Balaban J connectivity index is 1.53. The number of benzene rings is 3. The average Bonchev–Trinajstić information content (AvgIpc) is 2.84. The Hall–Kier alpha value is -3.95. The van der Waals surface area contributed by atoms with Crippen molar-refractivity contribution < 1.29 is 23.9 Å². The van der Waals surface area contributed by atoms with Crippen LogP contribution >= 0.6 is 27.5 Å². The fourth-order valence-electron chi connectivity index (χ4n) is 3.38. The van der Waals surface area contributed by atoms with Crippen LogP contribution in [0.2, 0.25) is 5.02 Å². The Bertz CT molecular complexity index is 1400. The zero-order valence-corrected chi connectivity index (χ0v) is 21.2. The highest BCUT2D eigenvalue weighted by Crippen LogP contribution is 2.26. The number of aryl methyl sites for hydroxylation is 1. The molecular weight excluding hydrogens is 550 g/mol. The number of urea groups is 1. The topological polar surface area (TPSA) is 105 Å². The number of barbiturate groups is 1. The summed E-state index contributed by atoms with van der Waals surface area (Å²) in [6, 6.07) is 17.4. The average molecular weight is 569 g/mol. The lowest BCUT2D eigenvalue weighted by Gasteiger charge is -2.26. The van der Waals surface area contributed by atoms with Gasteiger partial charge in [0.05, 0.1) is 5.69 Å². The number of carbonyl (C=O) groups excluding carboxylic acids is 4. The maximum atomic E-state index is 13.1. The molecule has 1 saturated heterocycles. The number of para-hydroxylation sites is 1. The standard InChI is InChI=1S/C26H19BrClN3O5/c1-15-6-9-18(13-21(15)28)29-23(32)14-36-22-5-3-2-4-16(22)12-20-24(33)30-26(35)31(25(20)34)19-10-7-17(27)8-11-19/h2-13H,14H2,1H3,(H,29,32)(H,30,33,35)/b20-12+. The van der Waals surface area contributed by atoms with Gasteiger partial charge in [0.2, 0.25) is 0 Å². The number of imide groups is 2. The highest BCUT2D eigenvalue weighted by Gasteiger charge is 2.37. The van der Waals surface area contributed by atoms with E-state index >= 15 is 0 Å². The van der Waals surface area contributed by atoms with E-state index in [9.17, 15) is 19.2 Å². The van der Waals surface area contributed by atoms with Gasteiger partial charge in [0.1, 0.15) is 11.3 Å². The Morgan fingerprint density at radius 3 is 2.53 bits per heavy atom. The van der Waals surface area contributed by atoms with Crippen molar-refractivity contribution in [3.63, 3.8) is 0 Å². The minimum atomic E-state index is -0.845. The fourth-order valence-corrected chi connectivity index (χ4v) is 3.82. The van der Waals surface area contributed by atoms with Crippen molar-refractivity contribution in [3.05, 3.63) is 92.9 Å². The van der Waals surface area contributed by atoms with E-state index in [0.717, 1.165) is 14.9 Å². The molecule has 0 aromatic heterocycles. The highest BCUT2D eigenvalue weighted by molar-refractivity contribution is 9.10. The molecule has 3 aromatic rings. The van der Waals surface area contributed by atoms with Crippen molar-refractivity contribution in [2.24, 2.45) is 0 Å². The molecule has 0 aliphatic carbocycles. The Kier molecular flexibility index (Phi) is 7.52. The molecule has 36 heavy (non-hydrogen) atoms. The number of hydrogen-bond donors (Lipinski definition) is 2. The van der Waals surface area contributed by atoms with Crippen LogP contribution in [0.1, 0.15) is 11.1 Å². The summed E-state index contributed by atoms with van der Waals surface area (Å²) in [6.07, 6.45) is 1.32. The van der Waals surface area contributed by atoms with E-state index in [1.807, 2.05) is 6.92 Å². The van der Waals surface area contributed by atoms with E-state index in [1.165, 1.54) is 6.08 Å². The van der Waals surface area contributed by atoms with Gasteiger partial charge in [0.15, 0.2) is 6.61 Å². The van der Waals surface area contributed by atoms with Gasteiger partial charge in [-0.25, -0.2) is 9.69 Å². The normalized spacial score (nSPS) is 14.6. The van der Waals surface area contributed by atoms with Gasteiger partial charge in [0.25, 0.3) is 17.7 Å². The maximum Gasteiger partial charge on any atom is 0.335 e. The van der Waals surface area contributed by atoms with Crippen LogP contribution in [0, 0.1) is 6.92 Å². The Labute approximate surface area is 220 Å². The van der Waals surface area contributed by atoms with Crippen molar-refractivity contribution in [2.75, 3.05) is 16.8 Å². The molecule has 0 saturated carbocycles. The first-order valence-corrected chi connectivity index (χ1v) is 11.8. The summed E-state index contributed by atoms with van der Waals surface area (Å²) in [4.78, 5) is 51.3. The fraction of sp³-hybridized carbons (Fsp3) is 0.0769. The van der Waals surface area contributed by atoms with E-state index in [2.05, 4.69) is 26.6 Å². The molecule has 1 aliphatic heterocycles. The smallest absolute Gasteiger partial charge is 0.335 e. The van der Waals surface area contributed by atoms with Crippen LogP contribution in [-0.4, -0.2) is 30.4 Å². The number of hydrogen-bond acceptors (Lipinski definition) is 5. The monoisotopic (exact) mass is 567 g/mol.